The van der Waals surface area contributed by atoms with Gasteiger partial charge in [0.25, 0.3) is 0 Å². The fourth-order valence-corrected chi connectivity index (χ4v) is 11.6. The maximum Gasteiger partial charge on any atom is 0.331 e. The molecule has 272 valence electrons. The second-order valence-electron chi connectivity index (χ2n) is 16.4. The number of ether oxygens (including phenoxy) is 6. The number of esters is 1. The van der Waals surface area contributed by atoms with E-state index in [-0.39, 0.29) is 34.7 Å². The molecule has 0 aromatic rings. The Morgan fingerprint density at radius 2 is 1.71 bits per heavy atom. The van der Waals surface area contributed by atoms with Gasteiger partial charge in [-0.3, -0.25) is 0 Å². The van der Waals surface area contributed by atoms with Gasteiger partial charge in [-0.1, -0.05) is 13.8 Å². The van der Waals surface area contributed by atoms with Gasteiger partial charge in [0.2, 0.25) is 0 Å². The molecule has 0 radical (unpaired) electrons. The van der Waals surface area contributed by atoms with Gasteiger partial charge >= 0.3 is 5.97 Å². The average Bonchev–Trinajstić information content (AvgIpc) is 3.61. The number of methoxy groups -OCH3 is 1. The van der Waals surface area contributed by atoms with Crippen molar-refractivity contribution in [2.75, 3.05) is 20.3 Å². The topological polar surface area (TPSA) is 174 Å². The normalized spacial score (nSPS) is 53.8. The van der Waals surface area contributed by atoms with Crippen molar-refractivity contribution in [2.24, 2.45) is 34.5 Å². The maximum absolute atomic E-state index is 12.5. The van der Waals surface area contributed by atoms with Gasteiger partial charge in [-0.2, -0.15) is 0 Å². The van der Waals surface area contributed by atoms with Crippen LogP contribution in [0.4, 0.5) is 0 Å². The number of hydrogen-bond donors (Lipinski definition) is 5. The third-order valence-electron chi connectivity index (χ3n) is 14.3. The van der Waals surface area contributed by atoms with Crippen LogP contribution in [0.15, 0.2) is 11.6 Å². The van der Waals surface area contributed by atoms with E-state index in [1.54, 1.807) is 13.2 Å². The first-order valence-corrected chi connectivity index (χ1v) is 18.2. The highest BCUT2D eigenvalue weighted by atomic mass is 16.7. The predicted molar refractivity (Wildman–Crippen MR) is 169 cm³/mol. The minimum Gasteiger partial charge on any atom is -0.458 e. The van der Waals surface area contributed by atoms with Gasteiger partial charge in [0, 0.05) is 25.0 Å². The molecule has 2 saturated heterocycles. The summed E-state index contributed by atoms with van der Waals surface area (Å²) in [4.78, 5) is 11.9. The molecule has 0 aromatic heterocycles. The number of carbonyl (C=O) groups is 1. The van der Waals surface area contributed by atoms with E-state index in [0.29, 0.717) is 24.9 Å². The molecule has 4 aliphatic carbocycles. The third kappa shape index (κ3) is 5.61. The first-order valence-electron chi connectivity index (χ1n) is 18.2. The summed E-state index contributed by atoms with van der Waals surface area (Å²) in [5, 5.41) is 52.9. The summed E-state index contributed by atoms with van der Waals surface area (Å²) in [6.07, 6.45) is 1.91. The highest BCUT2D eigenvalue weighted by molar-refractivity contribution is 5.85. The molecule has 0 amide bonds. The lowest BCUT2D eigenvalue weighted by molar-refractivity contribution is -0.345. The van der Waals surface area contributed by atoms with E-state index in [1.165, 1.54) is 0 Å². The zero-order valence-corrected chi connectivity index (χ0v) is 28.7. The highest BCUT2D eigenvalue weighted by Gasteiger charge is 2.67. The predicted octanol–water partition coefficient (Wildman–Crippen LogP) is 1.96. The van der Waals surface area contributed by atoms with Gasteiger partial charge in [0.05, 0.1) is 30.5 Å². The summed E-state index contributed by atoms with van der Waals surface area (Å²) >= 11 is 0. The molecule has 0 unspecified atom stereocenters. The molecule has 3 aliphatic heterocycles. The first kappa shape index (κ1) is 35.2. The van der Waals surface area contributed by atoms with E-state index in [0.717, 1.165) is 63.4 Å². The van der Waals surface area contributed by atoms with E-state index < -0.39 is 67.5 Å². The van der Waals surface area contributed by atoms with Crippen LogP contribution in [0.5, 0.6) is 0 Å². The van der Waals surface area contributed by atoms with Gasteiger partial charge in [-0.15, -0.1) is 0 Å². The standard InChI is InChI=1S/C36H56O12/c1-18-32(48-33-31(41)30(40)29(39)26(16-37)47-33)25(43-4)15-28(45-18)46-21-7-10-34(2)20(14-21)5-6-24-23(34)8-11-35(3)22(9-12-36(24,35)42)19-13-27(38)44-17-19/h13,18,20-26,28-33,37,39-42H,5-12,14-17H2,1-4H3/t18-,20-,21+,22-,23+,24-,25+,26-,28+,29-,30+,31-,32-,33+,34+,35-,36+/m1/s1. The van der Waals surface area contributed by atoms with Crippen LogP contribution >= 0.6 is 0 Å². The van der Waals surface area contributed by atoms with Crippen molar-refractivity contribution in [3.05, 3.63) is 11.6 Å². The number of hydrogen-bond acceptors (Lipinski definition) is 12. The lowest BCUT2D eigenvalue weighted by Gasteiger charge is -2.64. The van der Waals surface area contributed by atoms with Gasteiger partial charge in [0.15, 0.2) is 12.6 Å². The Morgan fingerprint density at radius 1 is 0.917 bits per heavy atom. The number of rotatable bonds is 7. The van der Waals surface area contributed by atoms with E-state index in [2.05, 4.69) is 13.8 Å². The Kier molecular flexibility index (Phi) is 9.61. The largest absolute Gasteiger partial charge is 0.458 e. The van der Waals surface area contributed by atoms with Crippen LogP contribution < -0.4 is 0 Å². The highest BCUT2D eigenvalue weighted by Crippen LogP contribution is 2.70. The molecule has 0 spiro atoms. The molecule has 5 N–H and O–H groups in total. The average molecular weight is 681 g/mol. The van der Waals surface area contributed by atoms with Crippen LogP contribution in [-0.2, 0) is 33.2 Å². The zero-order valence-electron chi connectivity index (χ0n) is 28.7. The third-order valence-corrected chi connectivity index (χ3v) is 14.3. The van der Waals surface area contributed by atoms with Crippen molar-refractivity contribution in [1.29, 1.82) is 0 Å². The Morgan fingerprint density at radius 3 is 2.42 bits per heavy atom. The van der Waals surface area contributed by atoms with Crippen LogP contribution in [-0.4, -0.2) is 119 Å². The second-order valence-corrected chi connectivity index (χ2v) is 16.4. The lowest BCUT2D eigenvalue weighted by atomic mass is 9.43. The lowest BCUT2D eigenvalue weighted by Crippen LogP contribution is -2.62. The summed E-state index contributed by atoms with van der Waals surface area (Å²) < 4.78 is 35.6. The monoisotopic (exact) mass is 680 g/mol. The van der Waals surface area contributed by atoms with E-state index >= 15 is 0 Å². The van der Waals surface area contributed by atoms with Gasteiger partial charge in [-0.05, 0) is 99.4 Å². The van der Waals surface area contributed by atoms with E-state index in [4.69, 9.17) is 28.4 Å². The molecule has 4 saturated carbocycles. The summed E-state index contributed by atoms with van der Waals surface area (Å²) in [6.45, 7) is 6.40. The Bertz CT molecular complexity index is 1230. The molecule has 12 nitrogen and oxygen atoms in total. The van der Waals surface area contributed by atoms with Gasteiger partial charge in [-0.25, -0.2) is 4.79 Å². The summed E-state index contributed by atoms with van der Waals surface area (Å²) in [6, 6.07) is 0. The number of cyclic esters (lactones) is 1. The van der Waals surface area contributed by atoms with Crippen molar-refractivity contribution in [3.8, 4) is 0 Å². The summed E-state index contributed by atoms with van der Waals surface area (Å²) in [7, 11) is 1.58. The quantitative estimate of drug-likeness (QED) is 0.196. The minimum atomic E-state index is -1.53. The Labute approximate surface area is 283 Å². The number of aliphatic hydroxyl groups is 5. The van der Waals surface area contributed by atoms with Crippen LogP contribution in [0.2, 0.25) is 0 Å². The van der Waals surface area contributed by atoms with Gasteiger partial charge in [0.1, 0.15) is 37.1 Å². The van der Waals surface area contributed by atoms with Crippen LogP contribution in [0, 0.1) is 34.5 Å². The molecule has 3 heterocycles. The molecule has 17 atom stereocenters. The minimum absolute atomic E-state index is 0.0388. The Balaban J connectivity index is 0.971. The molecule has 7 aliphatic rings. The number of aliphatic hydroxyl groups excluding tert-OH is 4. The molecule has 0 aromatic carbocycles. The fourth-order valence-electron chi connectivity index (χ4n) is 11.6. The molecule has 48 heavy (non-hydrogen) atoms. The fraction of sp³-hybridized carbons (Fsp3) is 0.917. The van der Waals surface area contributed by atoms with Crippen LogP contribution in [0.25, 0.3) is 0 Å². The van der Waals surface area contributed by atoms with E-state index in [9.17, 15) is 30.3 Å². The molecular formula is C36H56O12. The van der Waals surface area contributed by atoms with Crippen molar-refractivity contribution in [2.45, 2.75) is 152 Å². The van der Waals surface area contributed by atoms with Crippen molar-refractivity contribution < 1.29 is 58.7 Å². The summed E-state index contributed by atoms with van der Waals surface area (Å²) in [5.74, 6) is 1.14. The van der Waals surface area contributed by atoms with Crippen LogP contribution in [0.1, 0.15) is 85.0 Å². The number of fused-ring (bicyclic) bond motifs is 5. The molecule has 6 fully saturated rings. The SMILES string of the molecule is CO[C@H]1C[C@H](O[C@H]2CC[C@@]3(C)[C@H](CC[C@@H]4[C@@H]3CC[C@]3(C)[C@@H](C5=CC(=O)OC5)CC[C@]43O)C2)O[C@H](C)[C@H]1O[C@@H]1O[C@H](CO)[C@@H](O)[C@H](O)[C@H]1O. The van der Waals surface area contributed by atoms with Crippen molar-refractivity contribution in [3.63, 3.8) is 0 Å². The first-order chi connectivity index (χ1) is 22.8. The molecule has 7 rings (SSSR count). The smallest absolute Gasteiger partial charge is 0.331 e. The molecule has 12 heteroatoms. The molecule has 0 bridgehead atoms. The second kappa shape index (κ2) is 13.1. The number of carbonyl (C=O) groups excluding carboxylic acids is 1. The van der Waals surface area contributed by atoms with Crippen molar-refractivity contribution in [1.82, 2.24) is 0 Å². The Hall–Kier alpha value is -1.19. The molecular weight excluding hydrogens is 624 g/mol. The van der Waals surface area contributed by atoms with Gasteiger partial charge < -0.3 is 54.0 Å². The van der Waals surface area contributed by atoms with Crippen molar-refractivity contribution >= 4 is 5.97 Å². The zero-order chi connectivity index (χ0) is 34.2. The maximum atomic E-state index is 12.5. The van der Waals surface area contributed by atoms with Crippen LogP contribution in [0.3, 0.4) is 0 Å². The van der Waals surface area contributed by atoms with E-state index in [1.807, 2.05) is 6.92 Å². The summed E-state index contributed by atoms with van der Waals surface area (Å²) in [5.41, 5.74) is 0.221.